The highest BCUT2D eigenvalue weighted by Crippen LogP contribution is 2.32. The van der Waals surface area contributed by atoms with Gasteiger partial charge in [-0.05, 0) is 24.6 Å². The van der Waals surface area contributed by atoms with Gasteiger partial charge in [0.25, 0.3) is 0 Å². The Balaban J connectivity index is 3.16. The molecular formula is C11H12BrClO2. The Morgan fingerprint density at radius 3 is 2.73 bits per heavy atom. The zero-order chi connectivity index (χ0) is 11.4. The summed E-state index contributed by atoms with van der Waals surface area (Å²) in [6.07, 6.45) is 0. The minimum atomic E-state index is -0.337. The fraction of sp³-hybridized carbons (Fsp3) is 0.364. The fourth-order valence-corrected chi connectivity index (χ4v) is 1.81. The van der Waals surface area contributed by atoms with E-state index in [1.165, 1.54) is 6.92 Å². The summed E-state index contributed by atoms with van der Waals surface area (Å²) in [5.41, 5.74) is 1.79. The van der Waals surface area contributed by atoms with Crippen LogP contribution in [0.25, 0.3) is 0 Å². The first-order chi connectivity index (χ1) is 7.10. The number of carbonyl (C=O) groups is 1. The minimum absolute atomic E-state index is 0.0417. The molecule has 0 bridgehead atoms. The molecule has 0 aliphatic carbocycles. The predicted octanol–water partition coefficient (Wildman–Crippen LogP) is 3.46. The fourth-order valence-electron chi connectivity index (χ4n) is 1.28. The van der Waals surface area contributed by atoms with Crippen LogP contribution >= 0.6 is 27.5 Å². The lowest BCUT2D eigenvalue weighted by molar-refractivity contribution is -0.116. The average molecular weight is 292 g/mol. The number of ether oxygens (including phenoxy) is 1. The van der Waals surface area contributed by atoms with E-state index in [0.29, 0.717) is 11.6 Å². The second-order valence-electron chi connectivity index (χ2n) is 3.18. The van der Waals surface area contributed by atoms with Crippen molar-refractivity contribution in [3.63, 3.8) is 0 Å². The first-order valence-corrected chi connectivity index (χ1v) is 5.92. The topological polar surface area (TPSA) is 26.3 Å². The Kier molecular flexibility index (Phi) is 4.61. The highest BCUT2D eigenvalue weighted by Gasteiger charge is 2.17. The SMILES string of the molecule is COc1ccc(CCl)cc1C(Br)C(C)=O. The third-order valence-corrected chi connectivity index (χ3v) is 3.52. The molecule has 0 N–H and O–H groups in total. The van der Waals surface area contributed by atoms with Crippen LogP contribution in [0, 0.1) is 0 Å². The largest absolute Gasteiger partial charge is 0.496 e. The van der Waals surface area contributed by atoms with Gasteiger partial charge in [-0.25, -0.2) is 0 Å². The number of ketones is 1. The molecule has 1 unspecified atom stereocenters. The zero-order valence-corrected chi connectivity index (χ0v) is 10.9. The number of rotatable bonds is 4. The lowest BCUT2D eigenvalue weighted by atomic mass is 10.1. The van der Waals surface area contributed by atoms with Gasteiger partial charge in [-0.2, -0.15) is 0 Å². The van der Waals surface area contributed by atoms with E-state index < -0.39 is 0 Å². The van der Waals surface area contributed by atoms with Gasteiger partial charge in [-0.3, -0.25) is 4.79 Å². The summed E-state index contributed by atoms with van der Waals surface area (Å²) in [7, 11) is 1.58. The predicted molar refractivity (Wildman–Crippen MR) is 64.9 cm³/mol. The van der Waals surface area contributed by atoms with E-state index in [1.807, 2.05) is 18.2 Å². The maximum absolute atomic E-state index is 11.3. The van der Waals surface area contributed by atoms with Crippen molar-refractivity contribution < 1.29 is 9.53 Å². The van der Waals surface area contributed by atoms with Gasteiger partial charge in [0.15, 0.2) is 0 Å². The van der Waals surface area contributed by atoms with E-state index in [2.05, 4.69) is 15.9 Å². The third-order valence-electron chi connectivity index (χ3n) is 2.08. The van der Waals surface area contributed by atoms with Gasteiger partial charge in [0.05, 0.1) is 7.11 Å². The summed E-state index contributed by atoms with van der Waals surface area (Å²) in [4.78, 5) is 10.9. The lowest BCUT2D eigenvalue weighted by Crippen LogP contribution is -2.04. The summed E-state index contributed by atoms with van der Waals surface area (Å²) in [5, 5.41) is 0. The van der Waals surface area contributed by atoms with Crippen molar-refractivity contribution in [3.05, 3.63) is 29.3 Å². The highest BCUT2D eigenvalue weighted by molar-refractivity contribution is 9.09. The number of methoxy groups -OCH3 is 1. The Morgan fingerprint density at radius 2 is 2.27 bits per heavy atom. The van der Waals surface area contributed by atoms with Gasteiger partial charge in [0.2, 0.25) is 0 Å². The molecule has 1 aromatic rings. The number of Topliss-reactive ketones (excluding diaryl/α,β-unsaturated/α-hetero) is 1. The van der Waals surface area contributed by atoms with E-state index in [4.69, 9.17) is 16.3 Å². The van der Waals surface area contributed by atoms with Crippen LogP contribution in [0.5, 0.6) is 5.75 Å². The second-order valence-corrected chi connectivity index (χ2v) is 4.37. The normalized spacial score (nSPS) is 12.3. The van der Waals surface area contributed by atoms with Crippen LogP contribution in [0.3, 0.4) is 0 Å². The summed E-state index contributed by atoms with van der Waals surface area (Å²) < 4.78 is 5.19. The second kappa shape index (κ2) is 5.52. The number of carbonyl (C=O) groups excluding carboxylic acids is 1. The maximum Gasteiger partial charge on any atom is 0.147 e. The van der Waals surface area contributed by atoms with E-state index in [-0.39, 0.29) is 10.6 Å². The number of benzene rings is 1. The molecule has 15 heavy (non-hydrogen) atoms. The number of hydrogen-bond acceptors (Lipinski definition) is 2. The van der Waals surface area contributed by atoms with Crippen molar-refractivity contribution in [3.8, 4) is 5.75 Å². The quantitative estimate of drug-likeness (QED) is 0.794. The van der Waals surface area contributed by atoms with Crippen molar-refractivity contribution >= 4 is 33.3 Å². The first-order valence-electron chi connectivity index (χ1n) is 4.47. The van der Waals surface area contributed by atoms with Crippen LogP contribution in [0.4, 0.5) is 0 Å². The van der Waals surface area contributed by atoms with E-state index >= 15 is 0 Å². The van der Waals surface area contributed by atoms with Crippen LogP contribution in [-0.4, -0.2) is 12.9 Å². The molecule has 82 valence electrons. The molecule has 0 saturated heterocycles. The van der Waals surface area contributed by atoms with Crippen molar-refractivity contribution in [2.75, 3.05) is 7.11 Å². The first kappa shape index (κ1) is 12.5. The van der Waals surface area contributed by atoms with Crippen LogP contribution in [0.15, 0.2) is 18.2 Å². The summed E-state index contributed by atoms with van der Waals surface area (Å²) >= 11 is 9.07. The Labute approximate surface area is 103 Å². The van der Waals surface area contributed by atoms with Gasteiger partial charge in [0, 0.05) is 11.4 Å². The standard InChI is InChI=1S/C11H12BrClO2/c1-7(14)11(12)9-5-8(6-13)3-4-10(9)15-2/h3-5,11H,6H2,1-2H3. The smallest absolute Gasteiger partial charge is 0.147 e. The van der Waals surface area contributed by atoms with Crippen LogP contribution in [0.2, 0.25) is 0 Å². The average Bonchev–Trinajstić information content (AvgIpc) is 2.27. The lowest BCUT2D eigenvalue weighted by Gasteiger charge is -2.12. The molecule has 4 heteroatoms. The summed E-state index contributed by atoms with van der Waals surface area (Å²) in [6.45, 7) is 1.53. The highest BCUT2D eigenvalue weighted by atomic mass is 79.9. The Morgan fingerprint density at radius 1 is 1.60 bits per heavy atom. The molecule has 0 aliphatic rings. The Bertz CT molecular complexity index is 366. The van der Waals surface area contributed by atoms with Gasteiger partial charge < -0.3 is 4.74 Å². The zero-order valence-electron chi connectivity index (χ0n) is 8.59. The Hall–Kier alpha value is -0.540. The summed E-state index contributed by atoms with van der Waals surface area (Å²) in [5.74, 6) is 1.16. The molecule has 0 fully saturated rings. The van der Waals surface area contributed by atoms with E-state index in [1.54, 1.807) is 7.11 Å². The van der Waals surface area contributed by atoms with Crippen LogP contribution < -0.4 is 4.74 Å². The van der Waals surface area contributed by atoms with Gasteiger partial charge in [0.1, 0.15) is 16.4 Å². The molecule has 1 aromatic carbocycles. The van der Waals surface area contributed by atoms with Crippen molar-refractivity contribution in [2.45, 2.75) is 17.6 Å². The minimum Gasteiger partial charge on any atom is -0.496 e. The van der Waals surface area contributed by atoms with Crippen molar-refractivity contribution in [2.24, 2.45) is 0 Å². The maximum atomic E-state index is 11.3. The van der Waals surface area contributed by atoms with Crippen molar-refractivity contribution in [1.29, 1.82) is 0 Å². The molecule has 0 amide bonds. The molecule has 0 spiro atoms. The van der Waals surface area contributed by atoms with E-state index in [0.717, 1.165) is 11.1 Å². The molecule has 0 aliphatic heterocycles. The summed E-state index contributed by atoms with van der Waals surface area (Å²) in [6, 6.07) is 5.59. The number of hydrogen-bond donors (Lipinski definition) is 0. The molecule has 0 heterocycles. The van der Waals surface area contributed by atoms with Crippen LogP contribution in [0.1, 0.15) is 22.9 Å². The molecule has 0 aromatic heterocycles. The van der Waals surface area contributed by atoms with Crippen LogP contribution in [-0.2, 0) is 10.7 Å². The monoisotopic (exact) mass is 290 g/mol. The van der Waals surface area contributed by atoms with Gasteiger partial charge >= 0.3 is 0 Å². The molecule has 1 atom stereocenters. The van der Waals surface area contributed by atoms with Crippen molar-refractivity contribution in [1.82, 2.24) is 0 Å². The third kappa shape index (κ3) is 2.95. The number of halogens is 2. The number of alkyl halides is 2. The molecular weight excluding hydrogens is 279 g/mol. The molecule has 0 radical (unpaired) electrons. The van der Waals surface area contributed by atoms with Gasteiger partial charge in [-0.15, -0.1) is 11.6 Å². The molecule has 0 saturated carbocycles. The molecule has 1 rings (SSSR count). The molecule has 2 nitrogen and oxygen atoms in total. The van der Waals surface area contributed by atoms with E-state index in [9.17, 15) is 4.79 Å². The van der Waals surface area contributed by atoms with Gasteiger partial charge in [-0.1, -0.05) is 22.0 Å².